The quantitative estimate of drug-likeness (QED) is 0.344. The van der Waals surface area contributed by atoms with Crippen molar-refractivity contribution in [1.29, 1.82) is 0 Å². The molecular formula is C28H18Cl2N2O5. The fourth-order valence-corrected chi connectivity index (χ4v) is 6.49. The van der Waals surface area contributed by atoms with Gasteiger partial charge in [0.2, 0.25) is 18.6 Å². The summed E-state index contributed by atoms with van der Waals surface area (Å²) >= 11 is 12.5. The fourth-order valence-electron chi connectivity index (χ4n) is 5.98. The van der Waals surface area contributed by atoms with Gasteiger partial charge in [0.25, 0.3) is 0 Å². The molecular weight excluding hydrogens is 515 g/mol. The molecule has 9 heteroatoms. The molecule has 0 spiro atoms. The summed E-state index contributed by atoms with van der Waals surface area (Å²) < 4.78 is 10.8. The van der Waals surface area contributed by atoms with Crippen molar-refractivity contribution in [3.8, 4) is 11.5 Å². The van der Waals surface area contributed by atoms with E-state index in [9.17, 15) is 14.4 Å². The average Bonchev–Trinajstić information content (AvgIpc) is 3.56. The second-order valence-corrected chi connectivity index (χ2v) is 10.2. The number of fused-ring (bicyclic) bond motifs is 6. The topological polar surface area (TPSA) is 76.1 Å². The van der Waals surface area contributed by atoms with Gasteiger partial charge >= 0.3 is 0 Å². The molecule has 0 aliphatic carbocycles. The summed E-state index contributed by atoms with van der Waals surface area (Å²) in [6.07, 6.45) is 3.71. The highest BCUT2D eigenvalue weighted by molar-refractivity contribution is 6.37. The van der Waals surface area contributed by atoms with Gasteiger partial charge in [-0.2, -0.15) is 0 Å². The van der Waals surface area contributed by atoms with Crippen LogP contribution in [0.5, 0.6) is 11.5 Å². The number of carbonyl (C=O) groups is 3. The number of nitrogens with zero attached hydrogens (tertiary/aromatic N) is 2. The van der Waals surface area contributed by atoms with E-state index in [4.69, 9.17) is 32.7 Å². The Morgan fingerprint density at radius 2 is 1.68 bits per heavy atom. The van der Waals surface area contributed by atoms with E-state index in [1.54, 1.807) is 30.3 Å². The van der Waals surface area contributed by atoms with E-state index in [1.807, 2.05) is 41.4 Å². The number of hydrogen-bond donors (Lipinski definition) is 0. The monoisotopic (exact) mass is 532 g/mol. The van der Waals surface area contributed by atoms with Crippen molar-refractivity contribution >= 4 is 52.6 Å². The van der Waals surface area contributed by atoms with E-state index in [0.29, 0.717) is 22.2 Å². The molecule has 0 aromatic heterocycles. The van der Waals surface area contributed by atoms with Crippen molar-refractivity contribution in [3.63, 3.8) is 0 Å². The molecule has 4 heterocycles. The smallest absolute Gasteiger partial charge is 0.240 e. The van der Waals surface area contributed by atoms with Gasteiger partial charge in [-0.25, -0.2) is 4.90 Å². The number of hydrogen-bond acceptors (Lipinski definition) is 6. The van der Waals surface area contributed by atoms with Crippen LogP contribution in [0.3, 0.4) is 0 Å². The second-order valence-electron chi connectivity index (χ2n) is 9.37. The number of anilines is 1. The first-order valence-electron chi connectivity index (χ1n) is 11.8. The summed E-state index contributed by atoms with van der Waals surface area (Å²) in [5.41, 5.74) is 2.48. The number of amides is 2. The van der Waals surface area contributed by atoms with Crippen molar-refractivity contribution in [2.24, 2.45) is 11.8 Å². The summed E-state index contributed by atoms with van der Waals surface area (Å²) in [5.74, 6) is -1.78. The molecule has 4 aliphatic rings. The Morgan fingerprint density at radius 3 is 2.51 bits per heavy atom. The highest BCUT2D eigenvalue weighted by atomic mass is 35.5. The molecule has 3 aromatic carbocycles. The third kappa shape index (κ3) is 3.17. The molecule has 4 atom stereocenters. The number of ketones is 1. The number of halogens is 2. The first-order valence-corrected chi connectivity index (χ1v) is 12.5. The van der Waals surface area contributed by atoms with Crippen LogP contribution in [-0.4, -0.2) is 35.3 Å². The molecule has 7 nitrogen and oxygen atoms in total. The van der Waals surface area contributed by atoms with E-state index in [0.717, 1.165) is 11.1 Å². The number of Topliss-reactive ketones (excluding diaryl/α,β-unsaturated/α-hetero) is 1. The molecule has 2 saturated heterocycles. The van der Waals surface area contributed by atoms with E-state index >= 15 is 0 Å². The van der Waals surface area contributed by atoms with Gasteiger partial charge in [-0.1, -0.05) is 47.5 Å². The van der Waals surface area contributed by atoms with Gasteiger partial charge in [-0.15, -0.1) is 0 Å². The minimum atomic E-state index is -0.922. The minimum absolute atomic E-state index is 0.0739. The van der Waals surface area contributed by atoms with Crippen LogP contribution in [0.15, 0.2) is 66.9 Å². The summed E-state index contributed by atoms with van der Waals surface area (Å²) in [4.78, 5) is 45.1. The molecule has 4 aliphatic heterocycles. The van der Waals surface area contributed by atoms with E-state index in [1.165, 1.54) is 11.0 Å². The van der Waals surface area contributed by atoms with Gasteiger partial charge in [0.05, 0.1) is 28.6 Å². The SMILES string of the molecule is O=C(c1ccc(Cl)cc1Cl)[C@@H]1[C@@H]2C(=O)N(c3ccc4c(c3)OCO4)C(=O)[C@@H]2C2c3ccccc3C=CN21. The summed E-state index contributed by atoms with van der Waals surface area (Å²) in [6.45, 7) is 0.0739. The Labute approximate surface area is 221 Å². The first kappa shape index (κ1) is 22.4. The minimum Gasteiger partial charge on any atom is -0.454 e. The molecule has 0 N–H and O–H groups in total. The number of carbonyl (C=O) groups excluding carboxylic acids is 3. The molecule has 37 heavy (non-hydrogen) atoms. The predicted molar refractivity (Wildman–Crippen MR) is 137 cm³/mol. The lowest BCUT2D eigenvalue weighted by atomic mass is 9.83. The molecule has 0 bridgehead atoms. The van der Waals surface area contributed by atoms with Crippen LogP contribution >= 0.6 is 23.2 Å². The third-order valence-electron chi connectivity index (χ3n) is 7.54. The zero-order valence-corrected chi connectivity index (χ0v) is 20.6. The van der Waals surface area contributed by atoms with Crippen LogP contribution in [0.1, 0.15) is 27.5 Å². The summed E-state index contributed by atoms with van der Waals surface area (Å²) in [6, 6.07) is 15.9. The van der Waals surface area contributed by atoms with Gasteiger partial charge in [-0.3, -0.25) is 14.4 Å². The first-order chi connectivity index (χ1) is 17.9. The maximum absolute atomic E-state index is 14.0. The Bertz CT molecular complexity index is 1550. The molecule has 7 rings (SSSR count). The van der Waals surface area contributed by atoms with Crippen LogP contribution < -0.4 is 14.4 Å². The zero-order valence-electron chi connectivity index (χ0n) is 19.1. The van der Waals surface area contributed by atoms with Crippen LogP contribution in [0.2, 0.25) is 10.0 Å². The van der Waals surface area contributed by atoms with Gasteiger partial charge in [0.1, 0.15) is 6.04 Å². The molecule has 2 amide bonds. The molecule has 184 valence electrons. The lowest BCUT2D eigenvalue weighted by molar-refractivity contribution is -0.123. The van der Waals surface area contributed by atoms with Crippen molar-refractivity contribution in [2.75, 3.05) is 11.7 Å². The van der Waals surface area contributed by atoms with Crippen LogP contribution in [-0.2, 0) is 9.59 Å². The van der Waals surface area contributed by atoms with Crippen molar-refractivity contribution in [1.82, 2.24) is 4.90 Å². The third-order valence-corrected chi connectivity index (χ3v) is 8.09. The summed E-state index contributed by atoms with van der Waals surface area (Å²) in [7, 11) is 0. The predicted octanol–water partition coefficient (Wildman–Crippen LogP) is 5.12. The maximum Gasteiger partial charge on any atom is 0.240 e. The number of rotatable bonds is 3. The van der Waals surface area contributed by atoms with E-state index in [2.05, 4.69) is 0 Å². The molecule has 3 aromatic rings. The number of ether oxygens (including phenoxy) is 2. The van der Waals surface area contributed by atoms with Crippen LogP contribution in [0.4, 0.5) is 5.69 Å². The Morgan fingerprint density at radius 1 is 0.892 bits per heavy atom. The van der Waals surface area contributed by atoms with Crippen molar-refractivity contribution in [3.05, 3.63) is 93.6 Å². The molecule has 0 saturated carbocycles. The van der Waals surface area contributed by atoms with Crippen LogP contribution in [0, 0.1) is 11.8 Å². The normalized spacial score (nSPS) is 24.8. The Hall–Kier alpha value is -3.81. The fraction of sp³-hybridized carbons (Fsp3) is 0.179. The van der Waals surface area contributed by atoms with Crippen molar-refractivity contribution in [2.45, 2.75) is 12.1 Å². The standard InChI is InChI=1S/C28H18Cl2N2O5/c29-15-5-7-18(19(30)11-15)26(33)25-23-22(24-17-4-2-1-3-14(17)9-10-31(24)25)27(34)32(28(23)35)16-6-8-20-21(12-16)37-13-36-20/h1-12,22-25H,13H2/t22-,23+,24?,25-/m0/s1. The number of imide groups is 1. The highest BCUT2D eigenvalue weighted by Crippen LogP contribution is 2.54. The van der Waals surface area contributed by atoms with E-state index < -0.39 is 29.8 Å². The molecule has 2 fully saturated rings. The van der Waals surface area contributed by atoms with Gasteiger partial charge in [0, 0.05) is 22.9 Å². The highest BCUT2D eigenvalue weighted by Gasteiger charge is 2.64. The Kier molecular flexibility index (Phi) is 4.90. The maximum atomic E-state index is 14.0. The largest absolute Gasteiger partial charge is 0.454 e. The van der Waals surface area contributed by atoms with Crippen molar-refractivity contribution < 1.29 is 23.9 Å². The van der Waals surface area contributed by atoms with Gasteiger partial charge in [-0.05, 0) is 47.5 Å². The average molecular weight is 533 g/mol. The number of benzene rings is 3. The lowest BCUT2D eigenvalue weighted by Crippen LogP contribution is -2.44. The Balaban J connectivity index is 1.37. The van der Waals surface area contributed by atoms with Gasteiger partial charge < -0.3 is 14.4 Å². The zero-order chi connectivity index (χ0) is 25.4. The molecule has 0 radical (unpaired) electrons. The van der Waals surface area contributed by atoms with E-state index in [-0.39, 0.29) is 29.1 Å². The summed E-state index contributed by atoms with van der Waals surface area (Å²) in [5, 5.41) is 0.597. The second kappa shape index (κ2) is 8.10. The lowest BCUT2D eigenvalue weighted by Gasteiger charge is -2.35. The van der Waals surface area contributed by atoms with Crippen LogP contribution in [0.25, 0.3) is 6.08 Å². The van der Waals surface area contributed by atoms with Gasteiger partial charge in [0.15, 0.2) is 17.3 Å². The molecule has 1 unspecified atom stereocenters.